The summed E-state index contributed by atoms with van der Waals surface area (Å²) in [4.78, 5) is 0.402. The zero-order chi connectivity index (χ0) is 13.9. The highest BCUT2D eigenvalue weighted by Gasteiger charge is 2.24. The molecule has 1 aromatic carbocycles. The third kappa shape index (κ3) is 3.95. The van der Waals surface area contributed by atoms with Crippen LogP contribution in [0, 0.1) is 0 Å². The van der Waals surface area contributed by atoms with Gasteiger partial charge in [-0.2, -0.15) is 4.31 Å². The molecule has 2 rings (SSSR count). The van der Waals surface area contributed by atoms with Gasteiger partial charge in [0.1, 0.15) is 0 Å². The van der Waals surface area contributed by atoms with Crippen molar-refractivity contribution in [3.8, 4) is 0 Å². The molecular weight excluding hydrogens is 296 g/mol. The van der Waals surface area contributed by atoms with Crippen molar-refractivity contribution in [3.05, 3.63) is 29.8 Å². The molecule has 0 atom stereocenters. The minimum Gasteiger partial charge on any atom is -0.315 e. The van der Waals surface area contributed by atoms with Crippen LogP contribution in [-0.2, 0) is 10.0 Å². The highest BCUT2D eigenvalue weighted by Crippen LogP contribution is 2.20. The minimum absolute atomic E-state index is 0. The number of nitrogens with zero attached hydrogens (tertiary/aromatic N) is 1. The van der Waals surface area contributed by atoms with E-state index in [0.29, 0.717) is 23.9 Å². The molecule has 0 radical (unpaired) electrons. The van der Waals surface area contributed by atoms with Gasteiger partial charge in [0.15, 0.2) is 0 Å². The Morgan fingerprint density at radius 1 is 1.10 bits per heavy atom. The highest BCUT2D eigenvalue weighted by atomic mass is 35.5. The van der Waals surface area contributed by atoms with Crippen molar-refractivity contribution in [2.45, 2.75) is 31.1 Å². The topological polar surface area (TPSA) is 49.4 Å². The third-order valence-electron chi connectivity index (χ3n) is 3.48. The number of rotatable bonds is 3. The van der Waals surface area contributed by atoms with Crippen LogP contribution in [0.3, 0.4) is 0 Å². The van der Waals surface area contributed by atoms with Gasteiger partial charge in [0.05, 0.1) is 4.90 Å². The van der Waals surface area contributed by atoms with E-state index in [2.05, 4.69) is 19.2 Å². The van der Waals surface area contributed by atoms with Crippen LogP contribution < -0.4 is 5.32 Å². The quantitative estimate of drug-likeness (QED) is 0.929. The summed E-state index contributed by atoms with van der Waals surface area (Å²) in [5.74, 6) is 0.416. The molecular formula is C14H23ClN2O2S. The van der Waals surface area contributed by atoms with E-state index in [1.165, 1.54) is 0 Å². The first-order valence-electron chi connectivity index (χ1n) is 6.82. The molecule has 1 aliphatic heterocycles. The standard InChI is InChI=1S/C14H22N2O2S.ClH/c1-12(2)13-4-6-14(7-5-13)19(17,18)16-10-3-8-15-9-11-16;/h4-7,12,15H,3,8-11H2,1-2H3;1H. The Balaban J connectivity index is 0.00000200. The van der Waals surface area contributed by atoms with Crippen molar-refractivity contribution in [3.63, 3.8) is 0 Å². The Morgan fingerprint density at radius 2 is 1.75 bits per heavy atom. The molecule has 1 saturated heterocycles. The fourth-order valence-corrected chi connectivity index (χ4v) is 3.71. The first-order valence-corrected chi connectivity index (χ1v) is 8.26. The second-order valence-electron chi connectivity index (χ2n) is 5.23. The van der Waals surface area contributed by atoms with Crippen molar-refractivity contribution in [1.82, 2.24) is 9.62 Å². The normalized spacial score (nSPS) is 17.6. The third-order valence-corrected chi connectivity index (χ3v) is 5.40. The number of hydrogen-bond acceptors (Lipinski definition) is 3. The number of sulfonamides is 1. The predicted octanol–water partition coefficient (Wildman–Crippen LogP) is 2.22. The summed E-state index contributed by atoms with van der Waals surface area (Å²) in [6.45, 7) is 6.96. The van der Waals surface area contributed by atoms with Gasteiger partial charge in [0, 0.05) is 19.6 Å². The monoisotopic (exact) mass is 318 g/mol. The van der Waals surface area contributed by atoms with Crippen LogP contribution in [0.2, 0.25) is 0 Å². The molecule has 1 fully saturated rings. The Kier molecular flexibility index (Phi) is 6.45. The molecule has 20 heavy (non-hydrogen) atoms. The van der Waals surface area contributed by atoms with Crippen LogP contribution in [0.4, 0.5) is 0 Å². The lowest BCUT2D eigenvalue weighted by Crippen LogP contribution is -2.34. The maximum absolute atomic E-state index is 12.5. The van der Waals surface area contributed by atoms with Crippen molar-refractivity contribution in [2.24, 2.45) is 0 Å². The summed E-state index contributed by atoms with van der Waals surface area (Å²) in [6, 6.07) is 7.27. The van der Waals surface area contributed by atoms with E-state index in [9.17, 15) is 8.42 Å². The molecule has 4 nitrogen and oxygen atoms in total. The van der Waals surface area contributed by atoms with Crippen molar-refractivity contribution >= 4 is 22.4 Å². The van der Waals surface area contributed by atoms with E-state index in [1.54, 1.807) is 16.4 Å². The first-order chi connectivity index (χ1) is 9.01. The lowest BCUT2D eigenvalue weighted by molar-refractivity contribution is 0.432. The Hall–Kier alpha value is -0.620. The lowest BCUT2D eigenvalue weighted by Gasteiger charge is -2.20. The molecule has 114 valence electrons. The maximum Gasteiger partial charge on any atom is 0.243 e. The molecule has 0 unspecified atom stereocenters. The molecule has 1 aromatic rings. The largest absolute Gasteiger partial charge is 0.315 e. The molecule has 1 N–H and O–H groups in total. The van der Waals surface area contributed by atoms with Crippen molar-refractivity contribution < 1.29 is 8.42 Å². The zero-order valence-corrected chi connectivity index (χ0v) is 13.6. The molecule has 0 bridgehead atoms. The van der Waals surface area contributed by atoms with Gasteiger partial charge in [-0.15, -0.1) is 12.4 Å². The number of hydrogen-bond donors (Lipinski definition) is 1. The molecule has 1 heterocycles. The van der Waals surface area contributed by atoms with Gasteiger partial charge in [-0.3, -0.25) is 0 Å². The zero-order valence-electron chi connectivity index (χ0n) is 12.0. The van der Waals surface area contributed by atoms with Crippen LogP contribution >= 0.6 is 12.4 Å². The van der Waals surface area contributed by atoms with Gasteiger partial charge in [-0.1, -0.05) is 26.0 Å². The molecule has 1 aliphatic rings. The average molecular weight is 319 g/mol. The van der Waals surface area contributed by atoms with E-state index >= 15 is 0 Å². The summed E-state index contributed by atoms with van der Waals surface area (Å²) in [6.07, 6.45) is 0.864. The SMILES string of the molecule is CC(C)c1ccc(S(=O)(=O)N2CCCNCC2)cc1.Cl. The minimum atomic E-state index is -3.33. The van der Waals surface area contributed by atoms with Gasteiger partial charge in [0.2, 0.25) is 10.0 Å². The van der Waals surface area contributed by atoms with Gasteiger partial charge in [0.25, 0.3) is 0 Å². The number of halogens is 1. The summed E-state index contributed by atoms with van der Waals surface area (Å²) in [7, 11) is -3.33. The van der Waals surface area contributed by atoms with E-state index in [4.69, 9.17) is 0 Å². The molecule has 0 spiro atoms. The average Bonchev–Trinajstić information content (AvgIpc) is 2.68. The molecule has 0 aliphatic carbocycles. The first kappa shape index (κ1) is 17.4. The van der Waals surface area contributed by atoms with Gasteiger partial charge in [-0.25, -0.2) is 8.42 Å². The molecule has 0 amide bonds. The summed E-state index contributed by atoms with van der Waals surface area (Å²) in [5, 5.41) is 3.22. The number of benzene rings is 1. The van der Waals surface area contributed by atoms with Crippen LogP contribution in [0.5, 0.6) is 0 Å². The second-order valence-corrected chi connectivity index (χ2v) is 7.17. The Bertz CT molecular complexity index is 506. The fourth-order valence-electron chi connectivity index (χ4n) is 2.24. The molecule has 0 saturated carbocycles. The van der Waals surface area contributed by atoms with Crippen LogP contribution in [0.25, 0.3) is 0 Å². The van der Waals surface area contributed by atoms with Gasteiger partial charge >= 0.3 is 0 Å². The predicted molar refractivity (Wildman–Crippen MR) is 84.0 cm³/mol. The Morgan fingerprint density at radius 3 is 2.35 bits per heavy atom. The van der Waals surface area contributed by atoms with Crippen molar-refractivity contribution in [1.29, 1.82) is 0 Å². The second kappa shape index (κ2) is 7.41. The smallest absolute Gasteiger partial charge is 0.243 e. The van der Waals surface area contributed by atoms with Crippen molar-refractivity contribution in [2.75, 3.05) is 26.2 Å². The van der Waals surface area contributed by atoms with Crippen LogP contribution in [0.15, 0.2) is 29.2 Å². The number of nitrogens with one attached hydrogen (secondary N) is 1. The van der Waals surface area contributed by atoms with E-state index in [-0.39, 0.29) is 12.4 Å². The van der Waals surface area contributed by atoms with Gasteiger partial charge < -0.3 is 5.32 Å². The fraction of sp³-hybridized carbons (Fsp3) is 0.571. The van der Waals surface area contributed by atoms with E-state index in [0.717, 1.165) is 25.1 Å². The summed E-state index contributed by atoms with van der Waals surface area (Å²) >= 11 is 0. The van der Waals surface area contributed by atoms with Crippen LogP contribution in [-0.4, -0.2) is 38.9 Å². The molecule has 0 aromatic heterocycles. The maximum atomic E-state index is 12.5. The lowest BCUT2D eigenvalue weighted by atomic mass is 10.0. The highest BCUT2D eigenvalue weighted by molar-refractivity contribution is 7.89. The molecule has 6 heteroatoms. The van der Waals surface area contributed by atoms with E-state index < -0.39 is 10.0 Å². The van der Waals surface area contributed by atoms with Crippen LogP contribution in [0.1, 0.15) is 31.7 Å². The summed E-state index contributed by atoms with van der Waals surface area (Å²) < 4.78 is 26.6. The van der Waals surface area contributed by atoms with E-state index in [1.807, 2.05) is 12.1 Å². The van der Waals surface area contributed by atoms with Gasteiger partial charge in [-0.05, 0) is 36.6 Å². The Labute approximate surface area is 128 Å². The summed E-state index contributed by atoms with van der Waals surface area (Å²) in [5.41, 5.74) is 1.16.